The van der Waals surface area contributed by atoms with Gasteiger partial charge in [0.05, 0.1) is 6.20 Å². The van der Waals surface area contributed by atoms with E-state index < -0.39 is 5.82 Å². The largest absolute Gasteiger partial charge is 0.351 e. The second-order valence-corrected chi connectivity index (χ2v) is 4.19. The molecule has 1 atom stereocenters. The molecule has 0 aliphatic carbocycles. The molecule has 0 aromatic carbocycles. The van der Waals surface area contributed by atoms with Crippen LogP contribution >= 0.6 is 11.6 Å². The van der Waals surface area contributed by atoms with Gasteiger partial charge in [-0.05, 0) is 37.8 Å². The SMILES string of the molecule is CC1CCCCN1c1nc(Cl)ncc1F. The van der Waals surface area contributed by atoms with Crippen molar-refractivity contribution in [3.8, 4) is 0 Å². The van der Waals surface area contributed by atoms with E-state index >= 15 is 0 Å². The van der Waals surface area contributed by atoms with Crippen molar-refractivity contribution in [2.45, 2.75) is 32.2 Å². The molecular formula is C10H13ClFN3. The Labute approximate surface area is 93.3 Å². The Morgan fingerprint density at radius 3 is 3.07 bits per heavy atom. The third-order valence-electron chi connectivity index (χ3n) is 2.77. The van der Waals surface area contributed by atoms with Crippen molar-refractivity contribution in [1.82, 2.24) is 9.97 Å². The lowest BCUT2D eigenvalue weighted by Gasteiger charge is -2.34. The van der Waals surface area contributed by atoms with Crippen molar-refractivity contribution in [2.75, 3.05) is 11.4 Å². The van der Waals surface area contributed by atoms with E-state index in [1.54, 1.807) is 0 Å². The Kier molecular flexibility index (Phi) is 3.05. The van der Waals surface area contributed by atoms with Crippen molar-refractivity contribution in [2.24, 2.45) is 0 Å². The lowest BCUT2D eigenvalue weighted by Crippen LogP contribution is -2.38. The highest BCUT2D eigenvalue weighted by Crippen LogP contribution is 2.25. The van der Waals surface area contributed by atoms with Crippen LogP contribution in [0.5, 0.6) is 0 Å². The molecule has 3 nitrogen and oxygen atoms in total. The van der Waals surface area contributed by atoms with E-state index in [0.29, 0.717) is 11.9 Å². The number of rotatable bonds is 1. The highest BCUT2D eigenvalue weighted by Gasteiger charge is 2.22. The summed E-state index contributed by atoms with van der Waals surface area (Å²) in [5.74, 6) is -0.0599. The van der Waals surface area contributed by atoms with Gasteiger partial charge in [0.1, 0.15) is 0 Å². The molecule has 0 spiro atoms. The van der Waals surface area contributed by atoms with Crippen LogP contribution in [0.4, 0.5) is 10.2 Å². The van der Waals surface area contributed by atoms with Crippen LogP contribution in [0.3, 0.4) is 0 Å². The van der Waals surface area contributed by atoms with Crippen LogP contribution in [0, 0.1) is 5.82 Å². The van der Waals surface area contributed by atoms with Gasteiger partial charge in [0.2, 0.25) is 5.28 Å². The molecule has 1 aromatic heterocycles. The molecule has 0 bridgehead atoms. The Morgan fingerprint density at radius 2 is 2.33 bits per heavy atom. The average Bonchev–Trinajstić information content (AvgIpc) is 2.23. The van der Waals surface area contributed by atoms with Crippen LogP contribution in [0.15, 0.2) is 6.20 Å². The summed E-state index contributed by atoms with van der Waals surface area (Å²) in [4.78, 5) is 9.53. The molecule has 0 saturated carbocycles. The second-order valence-electron chi connectivity index (χ2n) is 3.85. The van der Waals surface area contributed by atoms with E-state index in [0.717, 1.165) is 25.6 Å². The molecule has 0 radical (unpaired) electrons. The van der Waals surface area contributed by atoms with Gasteiger partial charge in [0.25, 0.3) is 0 Å². The molecular weight excluding hydrogens is 217 g/mol. The minimum absolute atomic E-state index is 0.101. The maximum absolute atomic E-state index is 13.5. The second kappa shape index (κ2) is 4.31. The lowest BCUT2D eigenvalue weighted by atomic mass is 10.0. The summed E-state index contributed by atoms with van der Waals surface area (Å²) >= 11 is 5.67. The van der Waals surface area contributed by atoms with Crippen LogP contribution in [-0.4, -0.2) is 22.6 Å². The molecule has 1 aromatic rings. The third kappa shape index (κ3) is 2.20. The van der Waals surface area contributed by atoms with Crippen molar-refractivity contribution in [3.05, 3.63) is 17.3 Å². The first kappa shape index (κ1) is 10.6. The maximum atomic E-state index is 13.5. The highest BCUT2D eigenvalue weighted by atomic mass is 35.5. The Bertz CT molecular complexity index is 359. The fourth-order valence-electron chi connectivity index (χ4n) is 1.95. The molecule has 1 saturated heterocycles. The summed E-state index contributed by atoms with van der Waals surface area (Å²) in [7, 11) is 0. The van der Waals surface area contributed by atoms with E-state index in [1.165, 1.54) is 6.42 Å². The summed E-state index contributed by atoms with van der Waals surface area (Å²) in [6.07, 6.45) is 4.47. The molecule has 2 heterocycles. The summed E-state index contributed by atoms with van der Waals surface area (Å²) in [5.41, 5.74) is 0. The van der Waals surface area contributed by atoms with E-state index in [1.807, 2.05) is 4.90 Å². The molecule has 1 fully saturated rings. The van der Waals surface area contributed by atoms with Gasteiger partial charge in [0, 0.05) is 12.6 Å². The Balaban J connectivity index is 2.30. The molecule has 2 rings (SSSR count). The fraction of sp³-hybridized carbons (Fsp3) is 0.600. The monoisotopic (exact) mass is 229 g/mol. The first-order valence-electron chi connectivity index (χ1n) is 5.13. The van der Waals surface area contributed by atoms with Crippen LogP contribution in [0.1, 0.15) is 26.2 Å². The number of anilines is 1. The molecule has 0 amide bonds. The van der Waals surface area contributed by atoms with Crippen LogP contribution in [0.2, 0.25) is 5.28 Å². The molecule has 5 heteroatoms. The topological polar surface area (TPSA) is 29.0 Å². The Hall–Kier alpha value is -0.900. The van der Waals surface area contributed by atoms with E-state index in [-0.39, 0.29) is 5.28 Å². The van der Waals surface area contributed by atoms with Crippen LogP contribution in [-0.2, 0) is 0 Å². The predicted molar refractivity (Wildman–Crippen MR) is 57.7 cm³/mol. The zero-order valence-electron chi connectivity index (χ0n) is 8.58. The Morgan fingerprint density at radius 1 is 1.53 bits per heavy atom. The number of hydrogen-bond donors (Lipinski definition) is 0. The predicted octanol–water partition coefficient (Wildman–Crippen LogP) is 2.65. The number of hydrogen-bond acceptors (Lipinski definition) is 3. The van der Waals surface area contributed by atoms with E-state index in [4.69, 9.17) is 11.6 Å². The van der Waals surface area contributed by atoms with Gasteiger partial charge in [-0.15, -0.1) is 0 Å². The van der Waals surface area contributed by atoms with Crippen molar-refractivity contribution in [3.63, 3.8) is 0 Å². The number of nitrogens with zero attached hydrogens (tertiary/aromatic N) is 3. The normalized spacial score (nSPS) is 21.8. The van der Waals surface area contributed by atoms with Gasteiger partial charge in [-0.25, -0.2) is 9.37 Å². The smallest absolute Gasteiger partial charge is 0.224 e. The van der Waals surface area contributed by atoms with E-state index in [9.17, 15) is 4.39 Å². The molecule has 1 unspecified atom stereocenters. The van der Waals surface area contributed by atoms with Gasteiger partial charge in [-0.3, -0.25) is 0 Å². The minimum Gasteiger partial charge on any atom is -0.351 e. The standard InChI is InChI=1S/C10H13ClFN3/c1-7-4-2-3-5-15(7)9-8(12)6-13-10(11)14-9/h6-7H,2-5H2,1H3. The van der Waals surface area contributed by atoms with Gasteiger partial charge >= 0.3 is 0 Å². The number of halogens is 2. The van der Waals surface area contributed by atoms with Crippen LogP contribution < -0.4 is 4.90 Å². The zero-order chi connectivity index (χ0) is 10.8. The summed E-state index contributed by atoms with van der Waals surface area (Å²) in [6, 6.07) is 0.319. The van der Waals surface area contributed by atoms with Gasteiger partial charge < -0.3 is 4.90 Å². The molecule has 82 valence electrons. The van der Waals surface area contributed by atoms with Crippen molar-refractivity contribution < 1.29 is 4.39 Å². The quantitative estimate of drug-likeness (QED) is 0.694. The van der Waals surface area contributed by atoms with Crippen molar-refractivity contribution >= 4 is 17.4 Å². The van der Waals surface area contributed by atoms with Crippen molar-refractivity contribution in [1.29, 1.82) is 0 Å². The average molecular weight is 230 g/mol. The number of piperidine rings is 1. The summed E-state index contributed by atoms with van der Waals surface area (Å²) in [5, 5.41) is 0.101. The molecule has 0 N–H and O–H groups in total. The minimum atomic E-state index is -0.395. The zero-order valence-corrected chi connectivity index (χ0v) is 9.34. The highest BCUT2D eigenvalue weighted by molar-refractivity contribution is 6.28. The molecule has 15 heavy (non-hydrogen) atoms. The van der Waals surface area contributed by atoms with Gasteiger partial charge in [-0.1, -0.05) is 0 Å². The number of aromatic nitrogens is 2. The maximum Gasteiger partial charge on any atom is 0.224 e. The van der Waals surface area contributed by atoms with Crippen LogP contribution in [0.25, 0.3) is 0 Å². The molecule has 1 aliphatic heterocycles. The van der Waals surface area contributed by atoms with Gasteiger partial charge in [0.15, 0.2) is 11.6 Å². The van der Waals surface area contributed by atoms with Gasteiger partial charge in [-0.2, -0.15) is 4.98 Å². The summed E-state index contributed by atoms with van der Waals surface area (Å²) < 4.78 is 13.5. The lowest BCUT2D eigenvalue weighted by molar-refractivity contribution is 0.470. The summed E-state index contributed by atoms with van der Waals surface area (Å²) in [6.45, 7) is 2.92. The fourth-order valence-corrected chi connectivity index (χ4v) is 2.08. The first-order chi connectivity index (χ1) is 7.18. The third-order valence-corrected chi connectivity index (χ3v) is 2.95. The van der Waals surface area contributed by atoms with E-state index in [2.05, 4.69) is 16.9 Å². The first-order valence-corrected chi connectivity index (χ1v) is 5.51. The molecule has 1 aliphatic rings.